The second-order valence-corrected chi connectivity index (χ2v) is 2.93. The van der Waals surface area contributed by atoms with Gasteiger partial charge in [0.2, 0.25) is 0 Å². The van der Waals surface area contributed by atoms with Gasteiger partial charge in [-0.05, 0) is 6.42 Å². The first-order valence-corrected chi connectivity index (χ1v) is 4.16. The standard InChI is InChI=1S/C7H10ClN3O2/c1-2-3-4(5(9)7(12)13)6(8)11-10-3/h5H,2,9H2,1H3,(H,10,11)(H,12,13). The van der Waals surface area contributed by atoms with Crippen LogP contribution in [0, 0.1) is 0 Å². The summed E-state index contributed by atoms with van der Waals surface area (Å²) >= 11 is 5.68. The van der Waals surface area contributed by atoms with Gasteiger partial charge in [-0.15, -0.1) is 0 Å². The first-order valence-electron chi connectivity index (χ1n) is 3.79. The van der Waals surface area contributed by atoms with E-state index in [0.717, 1.165) is 0 Å². The highest BCUT2D eigenvalue weighted by Crippen LogP contribution is 2.23. The number of halogens is 1. The molecule has 1 heterocycles. The fraction of sp³-hybridized carbons (Fsp3) is 0.429. The molecular formula is C7H10ClN3O2. The molecule has 4 N–H and O–H groups in total. The highest BCUT2D eigenvalue weighted by molar-refractivity contribution is 6.30. The molecule has 0 aliphatic rings. The van der Waals surface area contributed by atoms with Crippen molar-refractivity contribution in [2.75, 3.05) is 0 Å². The predicted molar refractivity (Wildman–Crippen MR) is 47.5 cm³/mol. The quantitative estimate of drug-likeness (QED) is 0.675. The molecule has 1 rings (SSSR count). The molecule has 0 aromatic carbocycles. The van der Waals surface area contributed by atoms with Crippen molar-refractivity contribution in [2.45, 2.75) is 19.4 Å². The van der Waals surface area contributed by atoms with E-state index in [2.05, 4.69) is 10.2 Å². The number of aryl methyl sites for hydroxylation is 1. The van der Waals surface area contributed by atoms with E-state index < -0.39 is 12.0 Å². The lowest BCUT2D eigenvalue weighted by Gasteiger charge is -2.05. The summed E-state index contributed by atoms with van der Waals surface area (Å²) in [7, 11) is 0. The lowest BCUT2D eigenvalue weighted by molar-refractivity contribution is -0.138. The number of aromatic nitrogens is 2. The number of nitrogens with zero attached hydrogens (tertiary/aromatic N) is 1. The number of aromatic amines is 1. The molecule has 1 unspecified atom stereocenters. The van der Waals surface area contributed by atoms with Crippen LogP contribution in [0.5, 0.6) is 0 Å². The van der Waals surface area contributed by atoms with Crippen molar-refractivity contribution < 1.29 is 9.90 Å². The van der Waals surface area contributed by atoms with E-state index >= 15 is 0 Å². The largest absolute Gasteiger partial charge is 0.480 e. The van der Waals surface area contributed by atoms with E-state index in [9.17, 15) is 4.79 Å². The summed E-state index contributed by atoms with van der Waals surface area (Å²) < 4.78 is 0. The number of nitrogens with one attached hydrogen (secondary N) is 1. The average Bonchev–Trinajstić information content (AvgIpc) is 2.45. The highest BCUT2D eigenvalue weighted by Gasteiger charge is 2.22. The van der Waals surface area contributed by atoms with Crippen molar-refractivity contribution in [3.05, 3.63) is 16.4 Å². The Morgan fingerprint density at radius 3 is 2.92 bits per heavy atom. The van der Waals surface area contributed by atoms with Gasteiger partial charge in [0.15, 0.2) is 5.15 Å². The van der Waals surface area contributed by atoms with Crippen LogP contribution in [-0.2, 0) is 11.2 Å². The van der Waals surface area contributed by atoms with Crippen LogP contribution in [0.15, 0.2) is 0 Å². The van der Waals surface area contributed by atoms with Crippen LogP contribution < -0.4 is 5.73 Å². The van der Waals surface area contributed by atoms with Crippen LogP contribution >= 0.6 is 11.6 Å². The molecule has 0 spiro atoms. The number of carboxylic acids is 1. The molecule has 0 saturated carbocycles. The zero-order chi connectivity index (χ0) is 10.0. The highest BCUT2D eigenvalue weighted by atomic mass is 35.5. The van der Waals surface area contributed by atoms with Crippen molar-refractivity contribution in [3.8, 4) is 0 Å². The maximum Gasteiger partial charge on any atom is 0.325 e. The SMILES string of the molecule is CCc1[nH]nc(Cl)c1C(N)C(=O)O. The Bertz CT molecular complexity index is 324. The Labute approximate surface area is 79.9 Å². The van der Waals surface area contributed by atoms with Gasteiger partial charge >= 0.3 is 5.97 Å². The number of rotatable bonds is 3. The number of carboxylic acid groups (broad SMARTS) is 1. The Kier molecular flexibility index (Phi) is 2.90. The summed E-state index contributed by atoms with van der Waals surface area (Å²) in [6.45, 7) is 1.86. The second kappa shape index (κ2) is 3.76. The van der Waals surface area contributed by atoms with Crippen LogP contribution in [0.1, 0.15) is 24.2 Å². The summed E-state index contributed by atoms with van der Waals surface area (Å²) in [6, 6.07) is -1.11. The molecular weight excluding hydrogens is 194 g/mol. The topological polar surface area (TPSA) is 92.0 Å². The number of aliphatic carboxylic acids is 1. The zero-order valence-electron chi connectivity index (χ0n) is 7.04. The van der Waals surface area contributed by atoms with Gasteiger partial charge in [-0.3, -0.25) is 9.89 Å². The third kappa shape index (κ3) is 1.81. The maximum atomic E-state index is 10.6. The normalized spacial score (nSPS) is 12.8. The third-order valence-corrected chi connectivity index (χ3v) is 2.06. The van der Waals surface area contributed by atoms with E-state index in [1.807, 2.05) is 6.92 Å². The van der Waals surface area contributed by atoms with Gasteiger partial charge in [-0.2, -0.15) is 5.10 Å². The Balaban J connectivity index is 3.10. The minimum Gasteiger partial charge on any atom is -0.480 e. The van der Waals surface area contributed by atoms with E-state index in [1.54, 1.807) is 0 Å². The third-order valence-electron chi connectivity index (χ3n) is 1.77. The van der Waals surface area contributed by atoms with Crippen molar-refractivity contribution in [3.63, 3.8) is 0 Å². The molecule has 1 aromatic heterocycles. The van der Waals surface area contributed by atoms with Gasteiger partial charge in [-0.25, -0.2) is 0 Å². The zero-order valence-corrected chi connectivity index (χ0v) is 7.80. The maximum absolute atomic E-state index is 10.6. The number of H-pyrrole nitrogens is 1. The van der Waals surface area contributed by atoms with Crippen LogP contribution in [0.3, 0.4) is 0 Å². The van der Waals surface area contributed by atoms with Gasteiger partial charge in [-0.1, -0.05) is 18.5 Å². The Hall–Kier alpha value is -1.07. The van der Waals surface area contributed by atoms with Crippen molar-refractivity contribution in [2.24, 2.45) is 5.73 Å². The van der Waals surface area contributed by atoms with Gasteiger partial charge in [0.05, 0.1) is 0 Å². The molecule has 72 valence electrons. The summed E-state index contributed by atoms with van der Waals surface area (Å²) in [5.41, 5.74) is 6.45. The minimum absolute atomic E-state index is 0.131. The van der Waals surface area contributed by atoms with E-state index in [-0.39, 0.29) is 5.15 Å². The molecule has 13 heavy (non-hydrogen) atoms. The number of hydrogen-bond donors (Lipinski definition) is 3. The molecule has 0 fully saturated rings. The van der Waals surface area contributed by atoms with Crippen molar-refractivity contribution in [1.82, 2.24) is 10.2 Å². The minimum atomic E-state index is -1.11. The van der Waals surface area contributed by atoms with Crippen molar-refractivity contribution >= 4 is 17.6 Å². The summed E-state index contributed by atoms with van der Waals surface area (Å²) in [5, 5.41) is 15.1. The predicted octanol–water partition coefficient (Wildman–Crippen LogP) is 0.710. The second-order valence-electron chi connectivity index (χ2n) is 2.58. The van der Waals surface area contributed by atoms with Crippen molar-refractivity contribution in [1.29, 1.82) is 0 Å². The lowest BCUT2D eigenvalue weighted by Crippen LogP contribution is -2.21. The average molecular weight is 204 g/mol. The fourth-order valence-corrected chi connectivity index (χ4v) is 1.34. The van der Waals surface area contributed by atoms with Gasteiger partial charge in [0.25, 0.3) is 0 Å². The van der Waals surface area contributed by atoms with Crippen LogP contribution in [0.2, 0.25) is 5.15 Å². The summed E-state index contributed by atoms with van der Waals surface area (Å²) in [4.78, 5) is 10.6. The molecule has 0 amide bonds. The first kappa shape index (κ1) is 10.0. The molecule has 0 bridgehead atoms. The number of carbonyl (C=O) groups is 1. The monoisotopic (exact) mass is 203 g/mol. The van der Waals surface area contributed by atoms with Gasteiger partial charge in [0, 0.05) is 11.3 Å². The van der Waals surface area contributed by atoms with E-state index in [0.29, 0.717) is 17.7 Å². The van der Waals surface area contributed by atoms with Crippen LogP contribution in [-0.4, -0.2) is 21.3 Å². The Morgan fingerprint density at radius 1 is 1.85 bits per heavy atom. The Morgan fingerprint density at radius 2 is 2.46 bits per heavy atom. The molecule has 6 heteroatoms. The van der Waals surface area contributed by atoms with Crippen LogP contribution in [0.25, 0.3) is 0 Å². The fourth-order valence-electron chi connectivity index (χ4n) is 1.07. The number of nitrogens with two attached hydrogens (primary N) is 1. The molecule has 1 atom stereocenters. The van der Waals surface area contributed by atoms with E-state index in [1.165, 1.54) is 0 Å². The van der Waals surface area contributed by atoms with E-state index in [4.69, 9.17) is 22.4 Å². The summed E-state index contributed by atoms with van der Waals surface area (Å²) in [5.74, 6) is -1.11. The molecule has 5 nitrogen and oxygen atoms in total. The molecule has 0 radical (unpaired) electrons. The van der Waals surface area contributed by atoms with Crippen LogP contribution in [0.4, 0.5) is 0 Å². The van der Waals surface area contributed by atoms with Gasteiger partial charge in [0.1, 0.15) is 6.04 Å². The molecule has 0 aliphatic heterocycles. The number of hydrogen-bond acceptors (Lipinski definition) is 3. The molecule has 1 aromatic rings. The summed E-state index contributed by atoms with van der Waals surface area (Å²) in [6.07, 6.45) is 0.621. The lowest BCUT2D eigenvalue weighted by atomic mass is 10.1. The molecule has 0 saturated heterocycles. The van der Waals surface area contributed by atoms with Gasteiger partial charge < -0.3 is 10.8 Å². The first-order chi connectivity index (χ1) is 6.07. The molecule has 0 aliphatic carbocycles. The smallest absolute Gasteiger partial charge is 0.325 e.